The molecule has 1 aromatic heterocycles. The Morgan fingerprint density at radius 1 is 0.404 bits per heavy atom. The average Bonchev–Trinajstić information content (AvgIpc) is 3.65. The van der Waals surface area contributed by atoms with Crippen LogP contribution >= 0.6 is 0 Å². The molecule has 0 saturated carbocycles. The lowest BCUT2D eigenvalue weighted by Gasteiger charge is -2.20. The summed E-state index contributed by atoms with van der Waals surface area (Å²) in [7, 11) is 0. The third-order valence-corrected chi connectivity index (χ3v) is 8.86. The maximum atomic E-state index is 9.79. The van der Waals surface area contributed by atoms with Crippen LogP contribution in [0.5, 0.6) is 0 Å². The highest BCUT2D eigenvalue weighted by Gasteiger charge is 2.21. The number of furan rings is 1. The molecule has 0 saturated heterocycles. The first-order valence-corrected chi connectivity index (χ1v) is 15.0. The van der Waals surface area contributed by atoms with Gasteiger partial charge >= 0.3 is 0 Å². The summed E-state index contributed by atoms with van der Waals surface area (Å²) in [5.41, 5.74) is 3.52. The number of rotatable bonds is 3. The van der Waals surface area contributed by atoms with E-state index in [1.54, 1.807) is 18.2 Å². The Balaban J connectivity index is 1.37. The zero-order chi connectivity index (χ0) is 43.1. The zero-order valence-electron chi connectivity index (χ0n) is 38.5. The van der Waals surface area contributed by atoms with Crippen LogP contribution in [0.25, 0.3) is 98.4 Å². The van der Waals surface area contributed by atoms with E-state index in [2.05, 4.69) is 0 Å². The molecule has 0 atom stereocenters. The van der Waals surface area contributed by atoms with Crippen molar-refractivity contribution in [2.24, 2.45) is 0 Å². The van der Waals surface area contributed by atoms with Gasteiger partial charge in [-0.1, -0.05) is 145 Å². The fraction of sp³-hybridized carbons (Fsp3) is 0. The molecule has 1 nitrogen and oxygen atoms in total. The van der Waals surface area contributed by atoms with E-state index in [-0.39, 0.29) is 50.8 Å². The van der Waals surface area contributed by atoms with E-state index in [9.17, 15) is 2.74 Å². The molecule has 9 aromatic carbocycles. The predicted molar refractivity (Wildman–Crippen MR) is 200 cm³/mol. The molecule has 0 bridgehead atoms. The molecule has 10 rings (SSSR count). The van der Waals surface area contributed by atoms with Crippen molar-refractivity contribution in [3.8, 4) is 33.4 Å². The van der Waals surface area contributed by atoms with Crippen LogP contribution < -0.4 is 0 Å². The molecule has 0 aliphatic heterocycles. The molecule has 218 valence electrons. The average molecular weight is 611 g/mol. The fourth-order valence-corrected chi connectivity index (χ4v) is 6.93. The molecule has 1 heterocycles. The van der Waals surface area contributed by atoms with Crippen molar-refractivity contribution in [3.05, 3.63) is 170 Å². The van der Waals surface area contributed by atoms with E-state index in [0.29, 0.717) is 54.6 Å². The molecule has 10 aromatic rings. The molecule has 47 heavy (non-hydrogen) atoms. The lowest BCUT2D eigenvalue weighted by molar-refractivity contribution is 0.669. The Morgan fingerprint density at radius 3 is 1.74 bits per heavy atom. The number of fused-ring (bicyclic) bond motifs is 8. The summed E-state index contributed by atoms with van der Waals surface area (Å²) in [5, 5.41) is 3.44. The van der Waals surface area contributed by atoms with Crippen molar-refractivity contribution >= 4 is 65.0 Å². The van der Waals surface area contributed by atoms with Crippen LogP contribution in [0.2, 0.25) is 0 Å². The van der Waals surface area contributed by atoms with Gasteiger partial charge in [0.1, 0.15) is 11.2 Å². The van der Waals surface area contributed by atoms with Crippen molar-refractivity contribution in [1.29, 1.82) is 0 Å². The second kappa shape index (κ2) is 10.2. The highest BCUT2D eigenvalue weighted by molar-refractivity contribution is 6.28. The van der Waals surface area contributed by atoms with Crippen LogP contribution in [0.15, 0.2) is 174 Å². The lowest BCUT2D eigenvalue weighted by atomic mass is 9.83. The van der Waals surface area contributed by atoms with Crippen LogP contribution in [-0.4, -0.2) is 0 Å². The van der Waals surface area contributed by atoms with E-state index in [4.69, 9.17) is 20.9 Å². The maximum absolute atomic E-state index is 9.79. The van der Waals surface area contributed by atoms with Crippen molar-refractivity contribution in [2.75, 3.05) is 0 Å². The highest BCUT2D eigenvalue weighted by atomic mass is 16.3. The summed E-state index contributed by atoms with van der Waals surface area (Å²) in [5.74, 6) is 0. The molecule has 0 radical (unpaired) electrons. The Kier molecular flexibility index (Phi) is 3.44. The van der Waals surface area contributed by atoms with Crippen molar-refractivity contribution < 1.29 is 23.6 Å². The number of hydrogen-bond acceptors (Lipinski definition) is 1. The topological polar surface area (TPSA) is 13.1 Å². The molecule has 0 spiro atoms. The van der Waals surface area contributed by atoms with Gasteiger partial charge in [0.2, 0.25) is 0 Å². The third-order valence-electron chi connectivity index (χ3n) is 8.86. The number of hydrogen-bond donors (Lipinski definition) is 0. The summed E-state index contributed by atoms with van der Waals surface area (Å²) in [4.78, 5) is 0. The molecular weight excluding hydrogens is 569 g/mol. The standard InChI is InChI=1S/C46H28O/c1-2-13-29(14-3-1)30-25-26-42-41(27-30)46-39(23-12-24-43(46)47-42)44-35-19-8-10-21-37(35)45(38-22-11-9-20-36(38)44)40-28-31-15-4-5-16-32(31)33-17-6-7-18-34(33)40/h1-28H/i1D,2D,3D,4D,5D,6D,7D,13D,14D,15D,16D,17D,18D,28D. The van der Waals surface area contributed by atoms with E-state index in [1.165, 1.54) is 0 Å². The smallest absolute Gasteiger partial charge is 0.136 e. The van der Waals surface area contributed by atoms with Gasteiger partial charge in [0, 0.05) is 10.8 Å². The second-order valence-corrected chi connectivity index (χ2v) is 11.3. The molecule has 0 aliphatic rings. The summed E-state index contributed by atoms with van der Waals surface area (Å²) in [6.45, 7) is 0. The molecule has 0 aliphatic carbocycles. The summed E-state index contributed by atoms with van der Waals surface area (Å²) < 4.78 is 129. The fourth-order valence-electron chi connectivity index (χ4n) is 6.93. The molecule has 0 unspecified atom stereocenters. The van der Waals surface area contributed by atoms with Crippen LogP contribution in [0.1, 0.15) is 19.2 Å². The summed E-state index contributed by atoms with van der Waals surface area (Å²) in [6, 6.07) is 19.1. The third kappa shape index (κ3) is 3.90. The van der Waals surface area contributed by atoms with E-state index in [1.807, 2.05) is 66.7 Å². The van der Waals surface area contributed by atoms with E-state index in [0.717, 1.165) is 11.1 Å². The number of benzene rings is 9. The van der Waals surface area contributed by atoms with Crippen LogP contribution in [0, 0.1) is 0 Å². The van der Waals surface area contributed by atoms with Gasteiger partial charge < -0.3 is 4.42 Å². The minimum atomic E-state index is -0.583. The van der Waals surface area contributed by atoms with Gasteiger partial charge in [-0.3, -0.25) is 0 Å². The monoisotopic (exact) mass is 610 g/mol. The van der Waals surface area contributed by atoms with Gasteiger partial charge in [-0.25, -0.2) is 0 Å². The van der Waals surface area contributed by atoms with Gasteiger partial charge in [0.05, 0.1) is 19.2 Å². The summed E-state index contributed by atoms with van der Waals surface area (Å²) >= 11 is 0. The molecule has 0 fully saturated rings. The minimum Gasteiger partial charge on any atom is -0.456 e. The maximum Gasteiger partial charge on any atom is 0.136 e. The van der Waals surface area contributed by atoms with Crippen molar-refractivity contribution in [2.45, 2.75) is 0 Å². The molecular formula is C46H28O. The highest BCUT2D eigenvalue weighted by Crippen LogP contribution is 2.48. The van der Waals surface area contributed by atoms with Gasteiger partial charge in [-0.05, 0) is 101 Å². The van der Waals surface area contributed by atoms with E-state index < -0.39 is 66.5 Å². The lowest BCUT2D eigenvalue weighted by Crippen LogP contribution is -1.92. The normalized spacial score (nSPS) is 16.0. The predicted octanol–water partition coefficient (Wildman–Crippen LogP) is 13.2. The first kappa shape index (κ1) is 15.9. The zero-order valence-corrected chi connectivity index (χ0v) is 24.5. The van der Waals surface area contributed by atoms with Gasteiger partial charge in [-0.15, -0.1) is 0 Å². The quantitative estimate of drug-likeness (QED) is 0.143. The largest absolute Gasteiger partial charge is 0.456 e. The van der Waals surface area contributed by atoms with E-state index >= 15 is 0 Å². The van der Waals surface area contributed by atoms with Crippen LogP contribution in [0.4, 0.5) is 0 Å². The Labute approximate surface area is 291 Å². The molecule has 0 N–H and O–H groups in total. The van der Waals surface area contributed by atoms with Gasteiger partial charge in [0.25, 0.3) is 0 Å². The van der Waals surface area contributed by atoms with Gasteiger partial charge in [-0.2, -0.15) is 0 Å². The SMILES string of the molecule is [2H]c1c([2H])c([2H])c(-c2ccc3oc4cccc(-c5c6ccccc6c(-c6c([2H])c7c([2H])c([2H])c([2H])c([2H])c7c7c([2H])c([2H])c([2H])c([2H])c67)c6ccccc56)c4c3c2)c([2H])c1[2H]. The Bertz CT molecular complexity index is 3560. The second-order valence-electron chi connectivity index (χ2n) is 11.3. The van der Waals surface area contributed by atoms with Crippen LogP contribution in [0.3, 0.4) is 0 Å². The first-order chi connectivity index (χ1) is 29.1. The van der Waals surface area contributed by atoms with Crippen LogP contribution in [-0.2, 0) is 0 Å². The first-order valence-electron chi connectivity index (χ1n) is 22.0. The van der Waals surface area contributed by atoms with Gasteiger partial charge in [0.15, 0.2) is 0 Å². The molecule has 0 amide bonds. The summed E-state index contributed by atoms with van der Waals surface area (Å²) in [6.07, 6.45) is 0. The van der Waals surface area contributed by atoms with Crippen molar-refractivity contribution in [1.82, 2.24) is 0 Å². The minimum absolute atomic E-state index is 0.0419. The Hall–Kier alpha value is -6.18. The molecule has 1 heteroatoms. The van der Waals surface area contributed by atoms with Crippen molar-refractivity contribution in [3.63, 3.8) is 0 Å². The Morgan fingerprint density at radius 2 is 1.02 bits per heavy atom.